The first-order valence-corrected chi connectivity index (χ1v) is 8.40. The summed E-state index contributed by atoms with van der Waals surface area (Å²) in [4.78, 5) is 6.24. The van der Waals surface area contributed by atoms with E-state index < -0.39 is 12.3 Å². The molecule has 0 radical (unpaired) electrons. The molecule has 1 spiro atoms. The summed E-state index contributed by atoms with van der Waals surface area (Å²) in [5, 5.41) is 9.68. The minimum Gasteiger partial charge on any atom is -0.465 e. The number of alkyl halides is 3. The van der Waals surface area contributed by atoms with Gasteiger partial charge in [-0.15, -0.1) is 0 Å². The van der Waals surface area contributed by atoms with Gasteiger partial charge in [-0.1, -0.05) is 0 Å². The van der Waals surface area contributed by atoms with Crippen LogP contribution in [-0.2, 0) is 0 Å². The Morgan fingerprint density at radius 3 is 2.58 bits per heavy atom. The van der Waals surface area contributed by atoms with Gasteiger partial charge in [0.1, 0.15) is 0 Å². The lowest BCUT2D eigenvalue weighted by molar-refractivity contribution is -0.189. The number of aromatic nitrogens is 1. The van der Waals surface area contributed by atoms with Gasteiger partial charge in [0.05, 0.1) is 18.0 Å². The molecule has 1 aliphatic carbocycles. The largest absolute Gasteiger partial charge is 0.465 e. The van der Waals surface area contributed by atoms with Gasteiger partial charge in [0.2, 0.25) is 5.88 Å². The Bertz CT molecular complexity index is 554. The van der Waals surface area contributed by atoms with Crippen molar-refractivity contribution in [1.29, 1.82) is 0 Å². The maximum Gasteiger partial charge on any atom is 0.425 e. The molecule has 1 saturated heterocycles. The molecule has 134 valence electrons. The molecule has 1 saturated carbocycles. The van der Waals surface area contributed by atoms with Crippen LogP contribution < -0.4 is 9.64 Å². The summed E-state index contributed by atoms with van der Waals surface area (Å²) in [6.07, 6.45) is -0.00326. The maximum absolute atomic E-state index is 12.5. The first kappa shape index (κ1) is 17.3. The lowest BCUT2D eigenvalue weighted by atomic mass is 9.73. The highest BCUT2D eigenvalue weighted by molar-refractivity contribution is 5.47. The van der Waals surface area contributed by atoms with E-state index in [1.54, 1.807) is 12.3 Å². The van der Waals surface area contributed by atoms with Crippen LogP contribution >= 0.6 is 0 Å². The molecule has 0 amide bonds. The maximum atomic E-state index is 12.5. The minimum absolute atomic E-state index is 0.0155. The summed E-state index contributed by atoms with van der Waals surface area (Å²) in [6, 6.07) is 3.26. The Kier molecular flexibility index (Phi) is 4.64. The lowest BCUT2D eigenvalue weighted by Crippen LogP contribution is -2.33. The molecule has 1 aliphatic heterocycles. The van der Waals surface area contributed by atoms with E-state index in [2.05, 4.69) is 9.88 Å². The molecule has 0 aromatic carbocycles. The summed E-state index contributed by atoms with van der Waals surface area (Å²) in [6.45, 7) is 2.80. The van der Waals surface area contributed by atoms with E-state index in [0.29, 0.717) is 0 Å². The molecule has 2 fully saturated rings. The highest BCUT2D eigenvalue weighted by atomic mass is 19.4. The van der Waals surface area contributed by atoms with E-state index in [-0.39, 0.29) is 17.4 Å². The highest BCUT2D eigenvalue weighted by Gasteiger charge is 2.41. The third kappa shape index (κ3) is 3.77. The number of aliphatic hydroxyl groups is 1. The van der Waals surface area contributed by atoms with E-state index in [4.69, 9.17) is 4.74 Å². The Morgan fingerprint density at radius 1 is 1.29 bits per heavy atom. The fraction of sp³-hybridized carbons (Fsp3) is 0.706. The van der Waals surface area contributed by atoms with Crippen molar-refractivity contribution < 1.29 is 23.0 Å². The molecule has 3 rings (SSSR count). The molecular formula is C17H23F3N2O2. The van der Waals surface area contributed by atoms with Crippen LogP contribution in [0.2, 0.25) is 0 Å². The number of halogens is 3. The molecule has 7 heteroatoms. The zero-order chi connectivity index (χ0) is 17.4. The predicted octanol–water partition coefficient (Wildman–Crippen LogP) is 3.54. The van der Waals surface area contributed by atoms with Crippen LogP contribution in [0.1, 0.15) is 39.0 Å². The smallest absolute Gasteiger partial charge is 0.425 e. The van der Waals surface area contributed by atoms with Crippen LogP contribution in [0.5, 0.6) is 5.88 Å². The van der Waals surface area contributed by atoms with Crippen LogP contribution in [0, 0.1) is 5.41 Å². The van der Waals surface area contributed by atoms with Gasteiger partial charge in [-0.05, 0) is 50.5 Å². The topological polar surface area (TPSA) is 45.6 Å². The van der Waals surface area contributed by atoms with Crippen molar-refractivity contribution in [3.8, 4) is 5.88 Å². The van der Waals surface area contributed by atoms with Crippen molar-refractivity contribution in [3.63, 3.8) is 0 Å². The number of aliphatic hydroxyl groups excluding tert-OH is 1. The number of rotatable bonds is 3. The molecular weight excluding hydrogens is 321 g/mol. The Balaban J connectivity index is 1.60. The van der Waals surface area contributed by atoms with Crippen LogP contribution in [-0.4, -0.2) is 41.6 Å². The van der Waals surface area contributed by atoms with E-state index in [0.717, 1.165) is 57.8 Å². The molecule has 1 aromatic heterocycles. The van der Waals surface area contributed by atoms with Crippen molar-refractivity contribution in [3.05, 3.63) is 18.3 Å². The molecule has 0 bridgehead atoms. The zero-order valence-electron chi connectivity index (χ0n) is 13.7. The fourth-order valence-electron chi connectivity index (χ4n) is 3.66. The number of hydrogen-bond donors (Lipinski definition) is 1. The van der Waals surface area contributed by atoms with Crippen molar-refractivity contribution in [2.75, 3.05) is 18.0 Å². The number of hydrogen-bond acceptors (Lipinski definition) is 4. The van der Waals surface area contributed by atoms with Crippen molar-refractivity contribution in [2.24, 2.45) is 5.41 Å². The lowest BCUT2D eigenvalue weighted by Gasteiger charge is -2.35. The molecule has 24 heavy (non-hydrogen) atoms. The quantitative estimate of drug-likeness (QED) is 0.911. The van der Waals surface area contributed by atoms with Crippen LogP contribution in [0.3, 0.4) is 0 Å². The average molecular weight is 344 g/mol. The first-order chi connectivity index (χ1) is 11.3. The van der Waals surface area contributed by atoms with E-state index in [1.165, 1.54) is 6.07 Å². The summed E-state index contributed by atoms with van der Waals surface area (Å²) >= 11 is 0. The first-order valence-electron chi connectivity index (χ1n) is 8.40. The second-order valence-corrected chi connectivity index (χ2v) is 7.06. The average Bonchev–Trinajstić information content (AvgIpc) is 2.94. The molecule has 4 nitrogen and oxygen atoms in total. The standard InChI is InChI=1S/C17H23F3N2O2/c1-12(17(18,19)20)24-15-3-2-13(10-21-15)22-9-8-16(11-22)6-4-14(23)5-7-16/h2-3,10,12,14,23H,4-9,11H2,1H3/t12-,14?,16?/m0/s1. The third-order valence-corrected chi connectivity index (χ3v) is 5.30. The second-order valence-electron chi connectivity index (χ2n) is 7.06. The van der Waals surface area contributed by atoms with Crippen molar-refractivity contribution >= 4 is 5.69 Å². The van der Waals surface area contributed by atoms with Gasteiger partial charge in [-0.3, -0.25) is 0 Å². The molecule has 2 aliphatic rings. The summed E-state index contributed by atoms with van der Waals surface area (Å²) in [7, 11) is 0. The second kappa shape index (κ2) is 6.43. The summed E-state index contributed by atoms with van der Waals surface area (Å²) in [5.41, 5.74) is 1.17. The zero-order valence-corrected chi connectivity index (χ0v) is 13.7. The Labute approximate surface area is 139 Å². The van der Waals surface area contributed by atoms with E-state index >= 15 is 0 Å². The van der Waals surface area contributed by atoms with Crippen molar-refractivity contribution in [1.82, 2.24) is 4.98 Å². The SMILES string of the molecule is C[C@H](Oc1ccc(N2CCC3(CCC(O)CC3)C2)cn1)C(F)(F)F. The van der Waals surface area contributed by atoms with Gasteiger partial charge in [-0.2, -0.15) is 13.2 Å². The van der Waals surface area contributed by atoms with Gasteiger partial charge in [-0.25, -0.2) is 4.98 Å². The highest BCUT2D eigenvalue weighted by Crippen LogP contribution is 2.44. The summed E-state index contributed by atoms with van der Waals surface area (Å²) < 4.78 is 42.4. The van der Waals surface area contributed by atoms with E-state index in [1.807, 2.05) is 0 Å². The van der Waals surface area contributed by atoms with Crippen LogP contribution in [0.4, 0.5) is 18.9 Å². The molecule has 2 heterocycles. The summed E-state index contributed by atoms with van der Waals surface area (Å²) in [5.74, 6) is -0.0155. The van der Waals surface area contributed by atoms with E-state index in [9.17, 15) is 18.3 Å². The monoisotopic (exact) mass is 344 g/mol. The van der Waals surface area contributed by atoms with Gasteiger partial charge >= 0.3 is 6.18 Å². The minimum atomic E-state index is -4.40. The van der Waals surface area contributed by atoms with Crippen LogP contribution in [0.25, 0.3) is 0 Å². The number of nitrogens with zero attached hydrogens (tertiary/aromatic N) is 2. The Morgan fingerprint density at radius 2 is 2.00 bits per heavy atom. The van der Waals surface area contributed by atoms with Crippen molar-refractivity contribution in [2.45, 2.75) is 57.4 Å². The third-order valence-electron chi connectivity index (χ3n) is 5.30. The molecule has 1 aromatic rings. The van der Waals surface area contributed by atoms with Gasteiger partial charge in [0.25, 0.3) is 0 Å². The number of pyridine rings is 1. The number of ether oxygens (including phenoxy) is 1. The predicted molar refractivity (Wildman–Crippen MR) is 84.1 cm³/mol. The van der Waals surface area contributed by atoms with Gasteiger partial charge in [0.15, 0.2) is 6.10 Å². The number of anilines is 1. The normalized spacial score (nSPS) is 29.0. The molecule has 1 N–H and O–H groups in total. The van der Waals surface area contributed by atoms with Gasteiger partial charge in [0, 0.05) is 19.2 Å². The van der Waals surface area contributed by atoms with Gasteiger partial charge < -0.3 is 14.7 Å². The Hall–Kier alpha value is -1.50. The molecule has 1 atom stereocenters. The molecule has 0 unspecified atom stereocenters. The fourth-order valence-corrected chi connectivity index (χ4v) is 3.66. The van der Waals surface area contributed by atoms with Crippen LogP contribution in [0.15, 0.2) is 18.3 Å².